The number of hydrogen-bond acceptors (Lipinski definition) is 6. The minimum Gasteiger partial charge on any atom is -0.367 e. The van der Waals surface area contributed by atoms with Crippen molar-refractivity contribution in [3.05, 3.63) is 101 Å². The third-order valence-corrected chi connectivity index (χ3v) is 8.06. The standard InChI is InChI=1S/C28H30F2N4O2S/c29-23-7-3-20(4-8-23)26(21-5-9-24(30)10-6-21)36-17-16-33-12-14-34(15-13-33)28(35)25-19-37-27(32-25)22-2-1-11-31-18-22/h1-11,18,25-27,32H,12-17,19H2. The number of thioether (sulfide) groups is 1. The molecule has 1 N–H and O–H groups in total. The number of halogens is 2. The summed E-state index contributed by atoms with van der Waals surface area (Å²) in [5.41, 5.74) is 2.72. The predicted octanol–water partition coefficient (Wildman–Crippen LogP) is 4.01. The number of nitrogens with zero attached hydrogens (tertiary/aromatic N) is 3. The molecule has 0 spiro atoms. The number of ether oxygens (including phenoxy) is 1. The summed E-state index contributed by atoms with van der Waals surface area (Å²) in [4.78, 5) is 21.5. The minimum absolute atomic E-state index is 0.0937. The number of nitrogens with one attached hydrogen (secondary N) is 1. The van der Waals surface area contributed by atoms with E-state index in [1.54, 1.807) is 42.2 Å². The molecule has 0 radical (unpaired) electrons. The number of amides is 1. The molecule has 2 atom stereocenters. The Bertz CT molecular complexity index is 1110. The van der Waals surface area contributed by atoms with Gasteiger partial charge in [-0.3, -0.25) is 20.0 Å². The van der Waals surface area contributed by atoms with Gasteiger partial charge in [0.05, 0.1) is 18.0 Å². The SMILES string of the molecule is O=C(C1CSC(c2cccnc2)N1)N1CCN(CCOC(c2ccc(F)cc2)c2ccc(F)cc2)CC1. The van der Waals surface area contributed by atoms with Crippen LogP contribution in [-0.4, -0.2) is 71.8 Å². The molecule has 5 rings (SSSR count). The Hall–Kier alpha value is -2.85. The van der Waals surface area contributed by atoms with Gasteiger partial charge in [0.25, 0.3) is 0 Å². The second-order valence-electron chi connectivity index (χ2n) is 9.24. The van der Waals surface area contributed by atoms with E-state index >= 15 is 0 Å². The van der Waals surface area contributed by atoms with Crippen LogP contribution in [0.25, 0.3) is 0 Å². The first-order valence-corrected chi connectivity index (χ1v) is 13.5. The van der Waals surface area contributed by atoms with Crippen LogP contribution in [0.3, 0.4) is 0 Å². The van der Waals surface area contributed by atoms with Crippen LogP contribution in [0, 0.1) is 11.6 Å². The van der Waals surface area contributed by atoms with Crippen molar-refractivity contribution < 1.29 is 18.3 Å². The van der Waals surface area contributed by atoms with E-state index in [2.05, 4.69) is 15.2 Å². The molecule has 3 aromatic rings. The van der Waals surface area contributed by atoms with E-state index in [0.717, 1.165) is 35.5 Å². The summed E-state index contributed by atoms with van der Waals surface area (Å²) < 4.78 is 33.1. The normalized spacial score (nSPS) is 20.5. The molecule has 2 aliphatic rings. The van der Waals surface area contributed by atoms with E-state index in [9.17, 15) is 13.6 Å². The quantitative estimate of drug-likeness (QED) is 0.481. The maximum atomic E-state index is 13.5. The third kappa shape index (κ3) is 6.54. The molecule has 37 heavy (non-hydrogen) atoms. The summed E-state index contributed by atoms with van der Waals surface area (Å²) in [6, 6.07) is 16.2. The van der Waals surface area contributed by atoms with Gasteiger partial charge < -0.3 is 9.64 Å². The molecule has 2 unspecified atom stereocenters. The summed E-state index contributed by atoms with van der Waals surface area (Å²) in [5, 5.41) is 3.55. The highest BCUT2D eigenvalue weighted by molar-refractivity contribution is 7.99. The van der Waals surface area contributed by atoms with Crippen LogP contribution < -0.4 is 5.32 Å². The molecule has 194 valence electrons. The van der Waals surface area contributed by atoms with Crippen molar-refractivity contribution in [2.45, 2.75) is 17.5 Å². The molecule has 0 bridgehead atoms. The zero-order valence-corrected chi connectivity index (χ0v) is 21.2. The fourth-order valence-electron chi connectivity index (χ4n) is 4.71. The van der Waals surface area contributed by atoms with Crippen LogP contribution in [0.5, 0.6) is 0 Å². The van der Waals surface area contributed by atoms with E-state index < -0.39 is 6.10 Å². The molecule has 2 saturated heterocycles. The first-order chi connectivity index (χ1) is 18.1. The Balaban J connectivity index is 1.10. The molecule has 2 fully saturated rings. The second kappa shape index (κ2) is 12.1. The Kier molecular flexibility index (Phi) is 8.45. The molecule has 0 aliphatic carbocycles. The molecule has 1 amide bonds. The lowest BCUT2D eigenvalue weighted by Crippen LogP contribution is -2.54. The maximum Gasteiger partial charge on any atom is 0.240 e. The van der Waals surface area contributed by atoms with E-state index in [0.29, 0.717) is 26.2 Å². The van der Waals surface area contributed by atoms with Gasteiger partial charge in [-0.25, -0.2) is 8.78 Å². The van der Waals surface area contributed by atoms with Crippen molar-refractivity contribution in [2.75, 3.05) is 45.1 Å². The highest BCUT2D eigenvalue weighted by Crippen LogP contribution is 2.33. The summed E-state index contributed by atoms with van der Waals surface area (Å²) in [5.74, 6) is 0.282. The number of carbonyl (C=O) groups is 1. The molecule has 1 aromatic heterocycles. The average molecular weight is 525 g/mol. The van der Waals surface area contributed by atoms with Crippen LogP contribution in [0.1, 0.15) is 28.2 Å². The Morgan fingerprint density at radius 1 is 1.00 bits per heavy atom. The molecule has 3 heterocycles. The van der Waals surface area contributed by atoms with Crippen molar-refractivity contribution in [3.8, 4) is 0 Å². The van der Waals surface area contributed by atoms with Gasteiger partial charge in [0.1, 0.15) is 17.7 Å². The largest absolute Gasteiger partial charge is 0.367 e. The highest BCUT2D eigenvalue weighted by Gasteiger charge is 2.34. The molecule has 2 aromatic carbocycles. The molecule has 2 aliphatic heterocycles. The minimum atomic E-state index is -0.414. The molecule has 9 heteroatoms. The van der Waals surface area contributed by atoms with Crippen LogP contribution in [0.15, 0.2) is 73.1 Å². The van der Waals surface area contributed by atoms with Gasteiger partial charge in [0.15, 0.2) is 0 Å². The van der Waals surface area contributed by atoms with E-state index in [1.165, 1.54) is 24.3 Å². The monoisotopic (exact) mass is 524 g/mol. The summed E-state index contributed by atoms with van der Waals surface area (Å²) in [6.07, 6.45) is 3.18. The van der Waals surface area contributed by atoms with E-state index in [1.807, 2.05) is 23.2 Å². The fourth-order valence-corrected chi connectivity index (χ4v) is 5.93. The lowest BCUT2D eigenvalue weighted by atomic mass is 10.0. The van der Waals surface area contributed by atoms with Gasteiger partial charge in [0.2, 0.25) is 5.91 Å². The number of pyridine rings is 1. The second-order valence-corrected chi connectivity index (χ2v) is 10.4. The van der Waals surface area contributed by atoms with Crippen LogP contribution in [0.4, 0.5) is 8.78 Å². The lowest BCUT2D eigenvalue weighted by molar-refractivity contribution is -0.134. The van der Waals surface area contributed by atoms with Gasteiger partial charge in [-0.15, -0.1) is 11.8 Å². The van der Waals surface area contributed by atoms with E-state index in [4.69, 9.17) is 4.74 Å². The molecule has 6 nitrogen and oxygen atoms in total. The fraction of sp³-hybridized carbons (Fsp3) is 0.357. The van der Waals surface area contributed by atoms with E-state index in [-0.39, 0.29) is 29.0 Å². The number of benzene rings is 2. The molecule has 0 saturated carbocycles. The number of aromatic nitrogens is 1. The van der Waals surface area contributed by atoms with Crippen molar-refractivity contribution in [2.24, 2.45) is 0 Å². The predicted molar refractivity (Wildman–Crippen MR) is 140 cm³/mol. The maximum absolute atomic E-state index is 13.5. The van der Waals surface area contributed by atoms with Crippen molar-refractivity contribution in [1.29, 1.82) is 0 Å². The first-order valence-electron chi connectivity index (χ1n) is 12.5. The molecular weight excluding hydrogens is 494 g/mol. The van der Waals surface area contributed by atoms with Crippen LogP contribution in [-0.2, 0) is 9.53 Å². The zero-order chi connectivity index (χ0) is 25.6. The Morgan fingerprint density at radius 2 is 1.65 bits per heavy atom. The van der Waals surface area contributed by atoms with Gasteiger partial charge in [-0.1, -0.05) is 30.3 Å². The first kappa shape index (κ1) is 25.8. The van der Waals surface area contributed by atoms with Crippen molar-refractivity contribution >= 4 is 17.7 Å². The van der Waals surface area contributed by atoms with Crippen LogP contribution in [0.2, 0.25) is 0 Å². The van der Waals surface area contributed by atoms with Gasteiger partial charge >= 0.3 is 0 Å². The van der Waals surface area contributed by atoms with Crippen LogP contribution >= 0.6 is 11.8 Å². The zero-order valence-electron chi connectivity index (χ0n) is 20.4. The lowest BCUT2D eigenvalue weighted by Gasteiger charge is -2.36. The van der Waals surface area contributed by atoms with Crippen molar-refractivity contribution in [3.63, 3.8) is 0 Å². The van der Waals surface area contributed by atoms with Gasteiger partial charge in [0, 0.05) is 50.9 Å². The topological polar surface area (TPSA) is 57.7 Å². The molecular formula is C28H30F2N4O2S. The number of piperazine rings is 1. The number of rotatable bonds is 8. The Morgan fingerprint density at radius 3 is 2.24 bits per heavy atom. The van der Waals surface area contributed by atoms with Gasteiger partial charge in [-0.2, -0.15) is 0 Å². The van der Waals surface area contributed by atoms with Gasteiger partial charge in [-0.05, 0) is 47.0 Å². The number of hydrogen-bond donors (Lipinski definition) is 1. The average Bonchev–Trinajstić information content (AvgIpc) is 3.43. The Labute approximate surface area is 220 Å². The number of carbonyl (C=O) groups excluding carboxylic acids is 1. The summed E-state index contributed by atoms with van der Waals surface area (Å²) in [7, 11) is 0. The highest BCUT2D eigenvalue weighted by atomic mass is 32.2. The summed E-state index contributed by atoms with van der Waals surface area (Å²) >= 11 is 1.74. The summed E-state index contributed by atoms with van der Waals surface area (Å²) in [6.45, 7) is 4.08. The smallest absolute Gasteiger partial charge is 0.240 e. The van der Waals surface area contributed by atoms with Crippen molar-refractivity contribution in [1.82, 2.24) is 20.1 Å². The third-order valence-electron chi connectivity index (χ3n) is 6.79.